The lowest BCUT2D eigenvalue weighted by molar-refractivity contribution is 0.201. The van der Waals surface area contributed by atoms with Crippen LogP contribution in [0.5, 0.6) is 5.75 Å². The Hall–Kier alpha value is -2.54. The number of rotatable bonds is 7. The molecule has 1 N–H and O–H groups in total. The van der Waals surface area contributed by atoms with Crippen molar-refractivity contribution in [3.8, 4) is 5.75 Å². The van der Waals surface area contributed by atoms with Gasteiger partial charge < -0.3 is 14.4 Å². The molecule has 0 aliphatic heterocycles. The Labute approximate surface area is 167 Å². The molecule has 0 bridgehead atoms. The third-order valence-electron chi connectivity index (χ3n) is 4.15. The van der Waals surface area contributed by atoms with Crippen molar-refractivity contribution in [1.29, 1.82) is 0 Å². The molecule has 0 aliphatic carbocycles. The Balaban J connectivity index is 2.17. The van der Waals surface area contributed by atoms with E-state index in [0.29, 0.717) is 13.1 Å². The minimum atomic E-state index is -3.60. The van der Waals surface area contributed by atoms with Crippen LogP contribution in [0.1, 0.15) is 30.5 Å². The van der Waals surface area contributed by atoms with Crippen LogP contribution in [0.4, 0.5) is 10.5 Å². The van der Waals surface area contributed by atoms with E-state index in [1.165, 1.54) is 5.56 Å². The zero-order valence-electron chi connectivity index (χ0n) is 17.0. The van der Waals surface area contributed by atoms with Gasteiger partial charge in [0, 0.05) is 18.8 Å². The Morgan fingerprint density at radius 1 is 1.11 bits per heavy atom. The first-order valence-electron chi connectivity index (χ1n) is 9.15. The van der Waals surface area contributed by atoms with Crippen molar-refractivity contribution < 1.29 is 17.4 Å². The second-order valence-electron chi connectivity index (χ2n) is 7.44. The van der Waals surface area contributed by atoms with Crippen molar-refractivity contribution in [2.75, 3.05) is 18.1 Å². The van der Waals surface area contributed by atoms with Crippen LogP contribution in [-0.4, -0.2) is 32.1 Å². The molecule has 0 aliphatic rings. The number of amides is 2. The zero-order valence-corrected chi connectivity index (χ0v) is 17.8. The van der Waals surface area contributed by atoms with Crippen molar-refractivity contribution in [3.05, 3.63) is 59.2 Å². The van der Waals surface area contributed by atoms with Gasteiger partial charge in [0.1, 0.15) is 5.75 Å². The highest BCUT2D eigenvalue weighted by Crippen LogP contribution is 2.19. The van der Waals surface area contributed by atoms with Crippen molar-refractivity contribution in [1.82, 2.24) is 4.90 Å². The Morgan fingerprint density at radius 3 is 2.43 bits per heavy atom. The number of nitrogens with zero attached hydrogens (tertiary/aromatic N) is 1. The molecule has 0 saturated heterocycles. The summed E-state index contributed by atoms with van der Waals surface area (Å²) >= 11 is 0. The van der Waals surface area contributed by atoms with Gasteiger partial charge in [-0.2, -0.15) is 8.42 Å². The van der Waals surface area contributed by atoms with Gasteiger partial charge in [0.05, 0.1) is 6.26 Å². The molecular formula is C21H28N2O4S. The fourth-order valence-electron chi connectivity index (χ4n) is 2.77. The maximum absolute atomic E-state index is 12.9. The van der Waals surface area contributed by atoms with E-state index in [0.717, 1.165) is 23.1 Å². The summed E-state index contributed by atoms with van der Waals surface area (Å²) in [5.74, 6) is 0.514. The zero-order chi connectivity index (χ0) is 20.9. The monoisotopic (exact) mass is 404 g/mol. The second-order valence-corrected chi connectivity index (χ2v) is 9.01. The average molecular weight is 405 g/mol. The minimum absolute atomic E-state index is 0.202. The molecule has 2 amide bonds. The summed E-state index contributed by atoms with van der Waals surface area (Å²) in [5.41, 5.74) is 3.81. The van der Waals surface area contributed by atoms with Crippen molar-refractivity contribution in [3.63, 3.8) is 0 Å². The summed E-state index contributed by atoms with van der Waals surface area (Å²) in [6.45, 7) is 9.02. The Bertz CT molecular complexity index is 939. The van der Waals surface area contributed by atoms with Crippen molar-refractivity contribution in [2.45, 2.75) is 34.2 Å². The standard InChI is InChI=1S/C21H28N2O4S/c1-15(2)13-23(21(24)22-19-10-9-16(3)17(4)11-19)14-18-7-6-8-20(12-18)27-28(5,25)26/h6-12,15H,13-14H2,1-5H3,(H,22,24). The van der Waals surface area contributed by atoms with Crippen LogP contribution < -0.4 is 9.50 Å². The molecule has 0 saturated carbocycles. The van der Waals surface area contributed by atoms with E-state index in [2.05, 4.69) is 5.32 Å². The molecule has 0 radical (unpaired) electrons. The van der Waals surface area contributed by atoms with Gasteiger partial charge in [-0.3, -0.25) is 0 Å². The predicted molar refractivity (Wildman–Crippen MR) is 112 cm³/mol. The lowest BCUT2D eigenvalue weighted by Gasteiger charge is -2.25. The van der Waals surface area contributed by atoms with Crippen molar-refractivity contribution in [2.24, 2.45) is 5.92 Å². The summed E-state index contributed by atoms with van der Waals surface area (Å²) in [6, 6.07) is 12.4. The van der Waals surface area contributed by atoms with Crippen LogP contribution in [-0.2, 0) is 16.7 Å². The maximum Gasteiger partial charge on any atom is 0.322 e. The quantitative estimate of drug-likeness (QED) is 0.697. The molecule has 28 heavy (non-hydrogen) atoms. The number of nitrogens with one attached hydrogen (secondary N) is 1. The molecular weight excluding hydrogens is 376 g/mol. The summed E-state index contributed by atoms with van der Waals surface area (Å²) in [4.78, 5) is 14.6. The molecule has 2 aromatic rings. The average Bonchev–Trinajstić information content (AvgIpc) is 2.56. The highest BCUT2D eigenvalue weighted by atomic mass is 32.2. The Morgan fingerprint density at radius 2 is 1.82 bits per heavy atom. The second kappa shape index (κ2) is 9.10. The van der Waals surface area contributed by atoms with Crippen molar-refractivity contribution >= 4 is 21.8 Å². The fraction of sp³-hybridized carbons (Fsp3) is 0.381. The maximum atomic E-state index is 12.9. The van der Waals surface area contributed by atoms with Gasteiger partial charge in [-0.05, 0) is 60.7 Å². The summed E-state index contributed by atoms with van der Waals surface area (Å²) in [6.07, 6.45) is 1.00. The number of anilines is 1. The van der Waals surface area contributed by atoms with Gasteiger partial charge in [0.15, 0.2) is 0 Å². The van der Waals surface area contributed by atoms with E-state index in [-0.39, 0.29) is 17.7 Å². The lowest BCUT2D eigenvalue weighted by Crippen LogP contribution is -2.37. The normalized spacial score (nSPS) is 11.4. The Kier molecular flexibility index (Phi) is 7.07. The van der Waals surface area contributed by atoms with Gasteiger partial charge in [0.2, 0.25) is 0 Å². The number of hydrogen-bond donors (Lipinski definition) is 1. The van der Waals surface area contributed by atoms with Crippen LogP contribution in [0.3, 0.4) is 0 Å². The molecule has 0 aromatic heterocycles. The highest BCUT2D eigenvalue weighted by molar-refractivity contribution is 7.86. The number of hydrogen-bond acceptors (Lipinski definition) is 4. The summed E-state index contributed by atoms with van der Waals surface area (Å²) < 4.78 is 27.6. The molecule has 0 fully saturated rings. The van der Waals surface area contributed by atoms with Gasteiger partial charge >= 0.3 is 16.1 Å². The molecule has 152 valence electrons. The first kappa shape index (κ1) is 21.8. The number of benzene rings is 2. The number of carbonyl (C=O) groups excluding carboxylic acids is 1. The number of urea groups is 1. The van der Waals surface area contributed by atoms with E-state index in [1.807, 2.05) is 52.0 Å². The first-order valence-corrected chi connectivity index (χ1v) is 11.0. The van der Waals surface area contributed by atoms with Gasteiger partial charge in [-0.25, -0.2) is 4.79 Å². The topological polar surface area (TPSA) is 75.7 Å². The van der Waals surface area contributed by atoms with Crippen LogP contribution in [0.15, 0.2) is 42.5 Å². The fourth-order valence-corrected chi connectivity index (χ4v) is 3.23. The number of carbonyl (C=O) groups is 1. The van der Waals surface area contributed by atoms with E-state index < -0.39 is 10.1 Å². The predicted octanol–water partition coefficient (Wildman–Crippen LogP) is 4.33. The smallest absolute Gasteiger partial charge is 0.322 e. The van der Waals surface area contributed by atoms with E-state index in [4.69, 9.17) is 4.18 Å². The largest absolute Gasteiger partial charge is 0.383 e. The highest BCUT2D eigenvalue weighted by Gasteiger charge is 2.17. The molecule has 7 heteroatoms. The van der Waals surface area contributed by atoms with E-state index in [9.17, 15) is 13.2 Å². The molecule has 0 spiro atoms. The summed E-state index contributed by atoms with van der Waals surface area (Å²) in [5, 5.41) is 2.95. The molecule has 2 rings (SSSR count). The van der Waals surface area contributed by atoms with E-state index in [1.54, 1.807) is 23.1 Å². The third kappa shape index (κ3) is 6.88. The lowest BCUT2D eigenvalue weighted by atomic mass is 10.1. The van der Waals surface area contributed by atoms with Crippen LogP contribution in [0.25, 0.3) is 0 Å². The third-order valence-corrected chi connectivity index (χ3v) is 4.65. The molecule has 0 unspecified atom stereocenters. The molecule has 6 nitrogen and oxygen atoms in total. The van der Waals surface area contributed by atoms with Gasteiger partial charge in [0.25, 0.3) is 0 Å². The molecule has 0 heterocycles. The van der Waals surface area contributed by atoms with Crippen LogP contribution in [0.2, 0.25) is 0 Å². The van der Waals surface area contributed by atoms with E-state index >= 15 is 0 Å². The number of aryl methyl sites for hydroxylation is 2. The van der Waals surface area contributed by atoms with Crippen LogP contribution >= 0.6 is 0 Å². The minimum Gasteiger partial charge on any atom is -0.383 e. The molecule has 0 atom stereocenters. The SMILES string of the molecule is Cc1ccc(NC(=O)N(Cc2cccc(OS(C)(=O)=O)c2)CC(C)C)cc1C. The van der Waals surface area contributed by atoms with Gasteiger partial charge in [-0.1, -0.05) is 32.0 Å². The van der Waals surface area contributed by atoms with Crippen LogP contribution in [0, 0.1) is 19.8 Å². The summed E-state index contributed by atoms with van der Waals surface area (Å²) in [7, 11) is -3.60. The molecule has 2 aromatic carbocycles. The first-order chi connectivity index (χ1) is 13.0. The van der Waals surface area contributed by atoms with Gasteiger partial charge in [-0.15, -0.1) is 0 Å².